The monoisotopic (exact) mass is 287 g/mol. The van der Waals surface area contributed by atoms with Crippen LogP contribution in [-0.4, -0.2) is 44.0 Å². The van der Waals surface area contributed by atoms with E-state index in [1.807, 2.05) is 0 Å². The van der Waals surface area contributed by atoms with Gasteiger partial charge in [-0.3, -0.25) is 4.90 Å². The lowest BCUT2D eigenvalue weighted by Gasteiger charge is -2.33. The van der Waals surface area contributed by atoms with E-state index in [1.54, 1.807) is 0 Å². The largest absolute Gasteiger partial charge is 0.299 e. The third-order valence-electron chi connectivity index (χ3n) is 4.74. The molecule has 1 saturated carbocycles. The van der Waals surface area contributed by atoms with Gasteiger partial charge in [0.05, 0.1) is 11.5 Å². The Hall–Kier alpha value is -0.0900. The Bertz CT molecular complexity index is 360. The SMILES string of the molecule is CCCCN(CC1CCCCC1)C1CCS(=O)(=O)C1. The average Bonchev–Trinajstić information content (AvgIpc) is 2.76. The molecule has 2 aliphatic rings. The van der Waals surface area contributed by atoms with Crippen molar-refractivity contribution in [2.45, 2.75) is 64.3 Å². The van der Waals surface area contributed by atoms with E-state index in [-0.39, 0.29) is 0 Å². The van der Waals surface area contributed by atoms with Gasteiger partial charge in [-0.2, -0.15) is 0 Å². The van der Waals surface area contributed by atoms with Gasteiger partial charge >= 0.3 is 0 Å². The van der Waals surface area contributed by atoms with Crippen molar-refractivity contribution in [1.29, 1.82) is 0 Å². The zero-order chi connectivity index (χ0) is 13.7. The van der Waals surface area contributed by atoms with Crippen molar-refractivity contribution in [3.63, 3.8) is 0 Å². The highest BCUT2D eigenvalue weighted by molar-refractivity contribution is 7.91. The van der Waals surface area contributed by atoms with Gasteiger partial charge in [0.1, 0.15) is 0 Å². The molecule has 4 heteroatoms. The Kier molecular flexibility index (Phi) is 5.70. The number of hydrogen-bond acceptors (Lipinski definition) is 3. The fourth-order valence-corrected chi connectivity index (χ4v) is 5.31. The van der Waals surface area contributed by atoms with E-state index in [1.165, 1.54) is 44.9 Å². The minimum Gasteiger partial charge on any atom is -0.299 e. The van der Waals surface area contributed by atoms with Crippen LogP contribution in [0.4, 0.5) is 0 Å². The minimum atomic E-state index is -2.75. The molecule has 112 valence electrons. The van der Waals surface area contributed by atoms with E-state index < -0.39 is 9.84 Å². The normalized spacial score (nSPS) is 28.0. The molecular weight excluding hydrogens is 258 g/mol. The summed E-state index contributed by atoms with van der Waals surface area (Å²) in [6.07, 6.45) is 10.1. The van der Waals surface area contributed by atoms with Crippen molar-refractivity contribution in [3.05, 3.63) is 0 Å². The molecule has 1 heterocycles. The standard InChI is InChI=1S/C15H29NO2S/c1-2-3-10-16(12-14-7-5-4-6-8-14)15-9-11-19(17,18)13-15/h14-15H,2-13H2,1H3. The smallest absolute Gasteiger partial charge is 0.151 e. The van der Waals surface area contributed by atoms with Crippen LogP contribution in [0, 0.1) is 5.92 Å². The van der Waals surface area contributed by atoms with E-state index in [0.29, 0.717) is 17.5 Å². The zero-order valence-electron chi connectivity index (χ0n) is 12.3. The summed E-state index contributed by atoms with van der Waals surface area (Å²) in [6.45, 7) is 4.44. The van der Waals surface area contributed by atoms with Gasteiger partial charge in [-0.15, -0.1) is 0 Å². The second kappa shape index (κ2) is 7.07. The lowest BCUT2D eigenvalue weighted by molar-refractivity contribution is 0.157. The highest BCUT2D eigenvalue weighted by Crippen LogP contribution is 2.27. The number of unbranched alkanes of at least 4 members (excludes halogenated alkanes) is 1. The predicted molar refractivity (Wildman–Crippen MR) is 80.1 cm³/mol. The van der Waals surface area contributed by atoms with Crippen molar-refractivity contribution < 1.29 is 8.42 Å². The van der Waals surface area contributed by atoms with Crippen LogP contribution in [0.1, 0.15) is 58.3 Å². The molecule has 0 N–H and O–H groups in total. The van der Waals surface area contributed by atoms with Gasteiger partial charge < -0.3 is 0 Å². The summed E-state index contributed by atoms with van der Waals surface area (Å²) >= 11 is 0. The number of hydrogen-bond donors (Lipinski definition) is 0. The third-order valence-corrected chi connectivity index (χ3v) is 6.49. The van der Waals surface area contributed by atoms with Gasteiger partial charge in [-0.1, -0.05) is 32.6 Å². The third kappa shape index (κ3) is 4.75. The van der Waals surface area contributed by atoms with Crippen molar-refractivity contribution >= 4 is 9.84 Å². The lowest BCUT2D eigenvalue weighted by Crippen LogP contribution is -2.40. The van der Waals surface area contributed by atoms with Crippen LogP contribution in [0.5, 0.6) is 0 Å². The molecule has 1 aliphatic heterocycles. The zero-order valence-corrected chi connectivity index (χ0v) is 13.1. The van der Waals surface area contributed by atoms with Gasteiger partial charge in [0.2, 0.25) is 0 Å². The van der Waals surface area contributed by atoms with Gasteiger partial charge in [0, 0.05) is 12.6 Å². The molecule has 1 saturated heterocycles. The lowest BCUT2D eigenvalue weighted by atomic mass is 9.88. The Labute approximate surface area is 118 Å². The number of sulfone groups is 1. The van der Waals surface area contributed by atoms with Crippen LogP contribution < -0.4 is 0 Å². The van der Waals surface area contributed by atoms with Crippen LogP contribution in [0.15, 0.2) is 0 Å². The molecule has 1 atom stereocenters. The van der Waals surface area contributed by atoms with Crippen molar-refractivity contribution in [3.8, 4) is 0 Å². The molecule has 2 fully saturated rings. The topological polar surface area (TPSA) is 37.4 Å². The van der Waals surface area contributed by atoms with E-state index in [2.05, 4.69) is 11.8 Å². The second-order valence-corrected chi connectivity index (χ2v) is 8.64. The fourth-order valence-electron chi connectivity index (χ4n) is 3.55. The second-order valence-electron chi connectivity index (χ2n) is 6.41. The van der Waals surface area contributed by atoms with Crippen LogP contribution in [0.25, 0.3) is 0 Å². The molecule has 0 radical (unpaired) electrons. The minimum absolute atomic E-state index is 0.304. The molecule has 0 spiro atoms. The van der Waals surface area contributed by atoms with Gasteiger partial charge in [0.15, 0.2) is 9.84 Å². The van der Waals surface area contributed by atoms with Crippen molar-refractivity contribution in [2.24, 2.45) is 5.92 Å². The first-order chi connectivity index (χ1) is 9.11. The van der Waals surface area contributed by atoms with Crippen LogP contribution in [0.3, 0.4) is 0 Å². The molecule has 2 rings (SSSR count). The summed E-state index contributed by atoms with van der Waals surface area (Å²) in [5.74, 6) is 1.63. The Balaban J connectivity index is 1.91. The first-order valence-electron chi connectivity index (χ1n) is 8.05. The summed E-state index contributed by atoms with van der Waals surface area (Å²) < 4.78 is 23.4. The number of nitrogens with zero attached hydrogens (tertiary/aromatic N) is 1. The fraction of sp³-hybridized carbons (Fsp3) is 1.00. The van der Waals surface area contributed by atoms with E-state index in [9.17, 15) is 8.42 Å². The van der Waals surface area contributed by atoms with E-state index in [4.69, 9.17) is 0 Å². The molecule has 0 amide bonds. The summed E-state index contributed by atoms with van der Waals surface area (Å²) in [7, 11) is -2.75. The molecule has 0 aromatic rings. The molecule has 0 aromatic heterocycles. The molecule has 19 heavy (non-hydrogen) atoms. The average molecular weight is 287 g/mol. The maximum absolute atomic E-state index is 11.7. The van der Waals surface area contributed by atoms with Crippen LogP contribution in [0.2, 0.25) is 0 Å². The van der Waals surface area contributed by atoms with Crippen LogP contribution >= 0.6 is 0 Å². The molecule has 3 nitrogen and oxygen atoms in total. The van der Waals surface area contributed by atoms with E-state index >= 15 is 0 Å². The molecule has 1 aliphatic carbocycles. The Morgan fingerprint density at radius 3 is 2.42 bits per heavy atom. The summed E-state index contributed by atoms with van der Waals surface area (Å²) in [4.78, 5) is 2.50. The maximum Gasteiger partial charge on any atom is 0.151 e. The highest BCUT2D eigenvalue weighted by atomic mass is 32.2. The summed E-state index contributed by atoms with van der Waals surface area (Å²) in [6, 6.07) is 0.304. The molecular formula is C15H29NO2S. The first-order valence-corrected chi connectivity index (χ1v) is 9.87. The molecule has 0 bridgehead atoms. The summed E-state index contributed by atoms with van der Waals surface area (Å²) in [5.41, 5.74) is 0. The quantitative estimate of drug-likeness (QED) is 0.754. The van der Waals surface area contributed by atoms with Gasteiger partial charge in [0.25, 0.3) is 0 Å². The van der Waals surface area contributed by atoms with Gasteiger partial charge in [-0.25, -0.2) is 8.42 Å². The van der Waals surface area contributed by atoms with Gasteiger partial charge in [-0.05, 0) is 38.1 Å². The van der Waals surface area contributed by atoms with E-state index in [0.717, 1.165) is 25.4 Å². The summed E-state index contributed by atoms with van der Waals surface area (Å²) in [5, 5.41) is 0. The number of rotatable bonds is 6. The van der Waals surface area contributed by atoms with Crippen LogP contribution in [-0.2, 0) is 9.84 Å². The predicted octanol–water partition coefficient (Wildman–Crippen LogP) is 2.86. The van der Waals surface area contributed by atoms with Crippen molar-refractivity contribution in [2.75, 3.05) is 24.6 Å². The molecule has 0 aromatic carbocycles. The van der Waals surface area contributed by atoms with Crippen molar-refractivity contribution in [1.82, 2.24) is 4.90 Å². The first kappa shape index (κ1) is 15.3. The molecule has 1 unspecified atom stereocenters. The highest BCUT2D eigenvalue weighted by Gasteiger charge is 2.33. The maximum atomic E-state index is 11.7. The Morgan fingerprint density at radius 1 is 1.11 bits per heavy atom. The Morgan fingerprint density at radius 2 is 1.84 bits per heavy atom.